The van der Waals surface area contributed by atoms with Gasteiger partial charge in [0.05, 0.1) is 11.4 Å². The summed E-state index contributed by atoms with van der Waals surface area (Å²) < 4.78 is 29.1. The van der Waals surface area contributed by atoms with Gasteiger partial charge in [-0.2, -0.15) is 0 Å². The van der Waals surface area contributed by atoms with Crippen molar-refractivity contribution in [3.8, 4) is 0 Å². The quantitative estimate of drug-likeness (QED) is 0.851. The Bertz CT molecular complexity index is 884. The number of oxazole rings is 1. The molecule has 6 nitrogen and oxygen atoms in total. The second-order valence-electron chi connectivity index (χ2n) is 6.35. The first-order valence-electron chi connectivity index (χ1n) is 7.83. The van der Waals surface area contributed by atoms with Crippen molar-refractivity contribution in [1.29, 1.82) is 0 Å². The fourth-order valence-corrected chi connectivity index (χ4v) is 3.35. The van der Waals surface area contributed by atoms with Crippen molar-refractivity contribution in [2.24, 2.45) is 0 Å². The minimum atomic E-state index is -3.34. The number of sulfone groups is 1. The molecule has 0 unspecified atom stereocenters. The monoisotopic (exact) mass is 348 g/mol. The molecule has 0 radical (unpaired) electrons. The maximum absolute atomic E-state index is 12.7. The van der Waals surface area contributed by atoms with E-state index in [0.29, 0.717) is 31.0 Å². The number of nitrogens with zero attached hydrogens (tertiary/aromatic N) is 2. The smallest absolute Gasteiger partial charge is 0.254 e. The Morgan fingerprint density at radius 3 is 2.75 bits per heavy atom. The van der Waals surface area contributed by atoms with Gasteiger partial charge in [0.2, 0.25) is 0 Å². The standard InChI is InChI=1S/C17H20N2O4S/c1-11(2)16-18-14-10-19(8-7-15(14)23-16)17(20)12-5-4-6-13(9-12)24(3,21)22/h4-6,9,11H,7-8,10H2,1-3H3. The molecule has 0 fully saturated rings. The van der Waals surface area contributed by atoms with E-state index in [1.54, 1.807) is 17.0 Å². The summed E-state index contributed by atoms with van der Waals surface area (Å²) in [6.45, 7) is 4.93. The number of aromatic nitrogens is 1. The van der Waals surface area contributed by atoms with Gasteiger partial charge in [0.15, 0.2) is 15.7 Å². The largest absolute Gasteiger partial charge is 0.445 e. The van der Waals surface area contributed by atoms with Crippen LogP contribution in [0.3, 0.4) is 0 Å². The first-order chi connectivity index (χ1) is 11.3. The average Bonchev–Trinajstić information content (AvgIpc) is 2.97. The molecular weight excluding hydrogens is 328 g/mol. The lowest BCUT2D eigenvalue weighted by atomic mass is 10.1. The highest BCUT2D eigenvalue weighted by Gasteiger charge is 2.27. The van der Waals surface area contributed by atoms with E-state index in [-0.39, 0.29) is 16.7 Å². The van der Waals surface area contributed by atoms with Crippen LogP contribution >= 0.6 is 0 Å². The molecule has 1 aromatic heterocycles. The highest BCUT2D eigenvalue weighted by molar-refractivity contribution is 7.90. The minimum absolute atomic E-state index is 0.148. The van der Waals surface area contributed by atoms with Gasteiger partial charge in [0.1, 0.15) is 11.5 Å². The first-order valence-corrected chi connectivity index (χ1v) is 9.72. The molecule has 0 spiro atoms. The summed E-state index contributed by atoms with van der Waals surface area (Å²) in [5.41, 5.74) is 1.16. The molecule has 0 aliphatic carbocycles. The third-order valence-corrected chi connectivity index (χ3v) is 5.14. The number of hydrogen-bond donors (Lipinski definition) is 0. The van der Waals surface area contributed by atoms with Crippen molar-refractivity contribution in [2.75, 3.05) is 12.8 Å². The van der Waals surface area contributed by atoms with Crippen molar-refractivity contribution >= 4 is 15.7 Å². The van der Waals surface area contributed by atoms with Crippen molar-refractivity contribution in [2.45, 2.75) is 37.6 Å². The third-order valence-electron chi connectivity index (χ3n) is 4.03. The molecule has 24 heavy (non-hydrogen) atoms. The van der Waals surface area contributed by atoms with E-state index in [1.807, 2.05) is 13.8 Å². The summed E-state index contributed by atoms with van der Waals surface area (Å²) in [4.78, 5) is 19.0. The summed E-state index contributed by atoms with van der Waals surface area (Å²) in [5.74, 6) is 1.53. The summed E-state index contributed by atoms with van der Waals surface area (Å²) in [7, 11) is -3.34. The van der Waals surface area contributed by atoms with Crippen LogP contribution in [-0.4, -0.2) is 37.0 Å². The van der Waals surface area contributed by atoms with E-state index in [2.05, 4.69) is 4.98 Å². The van der Waals surface area contributed by atoms with E-state index in [1.165, 1.54) is 12.1 Å². The molecular formula is C17H20N2O4S. The molecule has 3 rings (SSSR count). The van der Waals surface area contributed by atoms with Gasteiger partial charge in [-0.1, -0.05) is 19.9 Å². The molecule has 0 saturated carbocycles. The van der Waals surface area contributed by atoms with Gasteiger partial charge in [-0.3, -0.25) is 4.79 Å². The van der Waals surface area contributed by atoms with Crippen LogP contribution in [0.5, 0.6) is 0 Å². The van der Waals surface area contributed by atoms with Crippen molar-refractivity contribution in [1.82, 2.24) is 9.88 Å². The van der Waals surface area contributed by atoms with Crippen LogP contribution in [0.25, 0.3) is 0 Å². The van der Waals surface area contributed by atoms with E-state index < -0.39 is 9.84 Å². The highest BCUT2D eigenvalue weighted by Crippen LogP contribution is 2.25. The second kappa shape index (κ2) is 6.05. The van der Waals surface area contributed by atoms with E-state index in [4.69, 9.17) is 4.42 Å². The molecule has 0 N–H and O–H groups in total. The van der Waals surface area contributed by atoms with Gasteiger partial charge in [-0.25, -0.2) is 13.4 Å². The van der Waals surface area contributed by atoms with Crippen LogP contribution in [0.15, 0.2) is 33.6 Å². The summed E-state index contributed by atoms with van der Waals surface area (Å²) in [6.07, 6.45) is 1.75. The topological polar surface area (TPSA) is 80.5 Å². The van der Waals surface area contributed by atoms with Gasteiger partial charge in [0.25, 0.3) is 5.91 Å². The van der Waals surface area contributed by atoms with Gasteiger partial charge in [-0.15, -0.1) is 0 Å². The Balaban J connectivity index is 1.84. The number of carbonyl (C=O) groups excluding carboxylic acids is 1. The van der Waals surface area contributed by atoms with Gasteiger partial charge in [-0.05, 0) is 18.2 Å². The van der Waals surface area contributed by atoms with Gasteiger partial charge < -0.3 is 9.32 Å². The lowest BCUT2D eigenvalue weighted by molar-refractivity contribution is 0.0727. The summed E-state index contributed by atoms with van der Waals surface area (Å²) in [5, 5.41) is 0. The van der Waals surface area contributed by atoms with Crippen LogP contribution in [0.4, 0.5) is 0 Å². The summed E-state index contributed by atoms with van der Waals surface area (Å²) >= 11 is 0. The van der Waals surface area contributed by atoms with E-state index >= 15 is 0 Å². The highest BCUT2D eigenvalue weighted by atomic mass is 32.2. The molecule has 1 aliphatic rings. The number of fused-ring (bicyclic) bond motifs is 1. The fourth-order valence-electron chi connectivity index (χ4n) is 2.68. The predicted octanol–water partition coefficient (Wildman–Crippen LogP) is 2.40. The molecule has 7 heteroatoms. The molecule has 2 aromatic rings. The number of benzene rings is 1. The van der Waals surface area contributed by atoms with Crippen molar-refractivity contribution in [3.63, 3.8) is 0 Å². The molecule has 128 valence electrons. The number of carbonyl (C=O) groups is 1. The normalized spacial score (nSPS) is 14.8. The van der Waals surface area contributed by atoms with E-state index in [0.717, 1.165) is 17.7 Å². The molecule has 0 atom stereocenters. The fraction of sp³-hybridized carbons (Fsp3) is 0.412. The molecule has 1 aliphatic heterocycles. The van der Waals surface area contributed by atoms with E-state index in [9.17, 15) is 13.2 Å². The van der Waals surface area contributed by atoms with Crippen molar-refractivity contribution < 1.29 is 17.6 Å². The zero-order valence-corrected chi connectivity index (χ0v) is 14.8. The predicted molar refractivity (Wildman–Crippen MR) is 88.6 cm³/mol. The Morgan fingerprint density at radius 1 is 1.33 bits per heavy atom. The average molecular weight is 348 g/mol. The van der Waals surface area contributed by atoms with Gasteiger partial charge >= 0.3 is 0 Å². The Morgan fingerprint density at radius 2 is 2.08 bits per heavy atom. The van der Waals surface area contributed by atoms with Crippen LogP contribution in [-0.2, 0) is 22.8 Å². The van der Waals surface area contributed by atoms with Gasteiger partial charge in [0, 0.05) is 30.7 Å². The number of rotatable bonds is 3. The molecule has 1 amide bonds. The van der Waals surface area contributed by atoms with Crippen LogP contribution in [0, 0.1) is 0 Å². The maximum atomic E-state index is 12.7. The number of hydrogen-bond acceptors (Lipinski definition) is 5. The zero-order valence-electron chi connectivity index (χ0n) is 13.9. The van der Waals surface area contributed by atoms with Crippen LogP contribution in [0.2, 0.25) is 0 Å². The Hall–Kier alpha value is -2.15. The lowest BCUT2D eigenvalue weighted by Crippen LogP contribution is -2.35. The van der Waals surface area contributed by atoms with Crippen molar-refractivity contribution in [3.05, 3.63) is 47.2 Å². The molecule has 1 aromatic carbocycles. The SMILES string of the molecule is CC(C)c1nc2c(o1)CCN(C(=O)c1cccc(S(C)(=O)=O)c1)C2. The van der Waals surface area contributed by atoms with Crippen LogP contribution in [0.1, 0.15) is 47.5 Å². The number of amides is 1. The maximum Gasteiger partial charge on any atom is 0.254 e. The minimum Gasteiger partial charge on any atom is -0.445 e. The summed E-state index contributed by atoms with van der Waals surface area (Å²) in [6, 6.07) is 6.14. The Labute approximate surface area is 141 Å². The Kier molecular flexibility index (Phi) is 4.21. The molecule has 0 saturated heterocycles. The lowest BCUT2D eigenvalue weighted by Gasteiger charge is -2.25. The first kappa shape index (κ1) is 16.7. The molecule has 0 bridgehead atoms. The third kappa shape index (κ3) is 3.21. The molecule has 2 heterocycles. The second-order valence-corrected chi connectivity index (χ2v) is 8.37. The zero-order chi connectivity index (χ0) is 17.5. The van der Waals surface area contributed by atoms with Crippen LogP contribution < -0.4 is 0 Å².